The average Bonchev–Trinajstić information content (AvgIpc) is 2.91. The Labute approximate surface area is 180 Å². The van der Waals surface area contributed by atoms with Crippen molar-refractivity contribution >= 4 is 11.6 Å². The lowest BCUT2D eigenvalue weighted by molar-refractivity contribution is 0.553. The molecule has 0 bridgehead atoms. The quantitative estimate of drug-likeness (QED) is 0.384. The zero-order valence-electron chi connectivity index (χ0n) is 18.7. The number of halogens is 1. The molecule has 3 aromatic carbocycles. The highest BCUT2D eigenvalue weighted by Gasteiger charge is 2.45. The molecule has 1 aliphatic rings. The van der Waals surface area contributed by atoms with Gasteiger partial charge in [-0.1, -0.05) is 108 Å². The van der Waals surface area contributed by atoms with Crippen LogP contribution in [0.25, 0.3) is 11.1 Å². The molecule has 0 saturated carbocycles. The van der Waals surface area contributed by atoms with Gasteiger partial charge in [0.1, 0.15) is 0 Å². The van der Waals surface area contributed by atoms with Gasteiger partial charge in [-0.25, -0.2) is 0 Å². The zero-order valence-corrected chi connectivity index (χ0v) is 19.4. The fourth-order valence-corrected chi connectivity index (χ4v) is 5.10. The Hall–Kier alpha value is -2.05. The minimum atomic E-state index is -0.226. The predicted octanol–water partition coefficient (Wildman–Crippen LogP) is 8.27. The molecule has 29 heavy (non-hydrogen) atoms. The van der Waals surface area contributed by atoms with E-state index in [4.69, 9.17) is 11.6 Å². The third-order valence-corrected chi connectivity index (χ3v) is 6.80. The fraction of sp³-hybridized carbons (Fsp3) is 0.357. The van der Waals surface area contributed by atoms with Crippen LogP contribution in [0.4, 0.5) is 0 Å². The van der Waals surface area contributed by atoms with Gasteiger partial charge in [-0.05, 0) is 57.2 Å². The molecule has 0 spiro atoms. The Morgan fingerprint density at radius 3 is 2.00 bits per heavy atom. The summed E-state index contributed by atoms with van der Waals surface area (Å²) in [6, 6.07) is 22.1. The maximum absolute atomic E-state index is 6.85. The molecule has 0 N–H and O–H groups in total. The molecule has 0 radical (unpaired) electrons. The maximum atomic E-state index is 6.85. The highest BCUT2D eigenvalue weighted by atomic mass is 35.5. The zero-order chi connectivity index (χ0) is 21.2. The van der Waals surface area contributed by atoms with Crippen molar-refractivity contribution in [3.05, 3.63) is 93.5 Å². The van der Waals surface area contributed by atoms with Crippen molar-refractivity contribution in [2.24, 2.45) is 0 Å². The van der Waals surface area contributed by atoms with Crippen LogP contribution in [0.1, 0.15) is 76.3 Å². The molecule has 0 amide bonds. The van der Waals surface area contributed by atoms with E-state index in [1.165, 1.54) is 38.9 Å². The lowest BCUT2D eigenvalue weighted by Crippen LogP contribution is -2.28. The molecule has 0 fully saturated rings. The van der Waals surface area contributed by atoms with Gasteiger partial charge in [-0.2, -0.15) is 0 Å². The first-order chi connectivity index (χ1) is 13.5. The van der Waals surface area contributed by atoms with Gasteiger partial charge in [0.2, 0.25) is 0 Å². The summed E-state index contributed by atoms with van der Waals surface area (Å²) in [4.78, 5) is 0. The standard InChI is InChI=1S/C28H31Cl/c1-26(2,3)19-16-20-24-21(14-11-15-23(24)29)28(7,18-12-9-8-10-13-18)25(20)22(17-19)27(4,5)6/h8-17H,1-7H3. The summed E-state index contributed by atoms with van der Waals surface area (Å²) in [6.45, 7) is 16.2. The Morgan fingerprint density at radius 1 is 0.759 bits per heavy atom. The van der Waals surface area contributed by atoms with Crippen LogP contribution in [0.15, 0.2) is 60.7 Å². The molecule has 1 atom stereocenters. The summed E-state index contributed by atoms with van der Waals surface area (Å²) in [5.74, 6) is 0. The first-order valence-corrected chi connectivity index (χ1v) is 10.9. The normalized spacial score (nSPS) is 18.5. The lowest BCUT2D eigenvalue weighted by atomic mass is 9.68. The first kappa shape index (κ1) is 20.2. The van der Waals surface area contributed by atoms with Gasteiger partial charge in [-0.15, -0.1) is 0 Å². The summed E-state index contributed by atoms with van der Waals surface area (Å²) in [5.41, 5.74) is 9.18. The molecule has 0 nitrogen and oxygen atoms in total. The molecule has 0 heterocycles. The molecule has 1 aliphatic carbocycles. The van der Waals surface area contributed by atoms with Crippen LogP contribution in [0, 0.1) is 0 Å². The summed E-state index contributed by atoms with van der Waals surface area (Å²) in [7, 11) is 0. The van der Waals surface area contributed by atoms with Gasteiger partial charge in [0.05, 0.1) is 0 Å². The largest absolute Gasteiger partial charge is 0.0837 e. The van der Waals surface area contributed by atoms with Gasteiger partial charge in [0, 0.05) is 16.0 Å². The fourth-order valence-electron chi connectivity index (χ4n) is 4.82. The smallest absolute Gasteiger partial charge is 0.0487 e. The van der Waals surface area contributed by atoms with Crippen LogP contribution in [-0.2, 0) is 16.2 Å². The molecule has 4 rings (SSSR count). The van der Waals surface area contributed by atoms with Gasteiger partial charge in [-0.3, -0.25) is 0 Å². The molecular formula is C28H31Cl. The number of rotatable bonds is 1. The SMILES string of the molecule is CC(C)(C)c1cc2c(c(C(C)(C)C)c1)C(C)(c1ccccc1)c1cccc(Cl)c1-2. The number of hydrogen-bond donors (Lipinski definition) is 0. The van der Waals surface area contributed by atoms with E-state index in [1.807, 2.05) is 6.07 Å². The second-order valence-electron chi connectivity index (χ2n) is 10.6. The summed E-state index contributed by atoms with van der Waals surface area (Å²) < 4.78 is 0. The second-order valence-corrected chi connectivity index (χ2v) is 11.0. The van der Waals surface area contributed by atoms with Crippen LogP contribution in [0.5, 0.6) is 0 Å². The van der Waals surface area contributed by atoms with E-state index in [0.29, 0.717) is 0 Å². The van der Waals surface area contributed by atoms with E-state index >= 15 is 0 Å². The molecule has 0 aromatic heterocycles. The van der Waals surface area contributed by atoms with Crippen molar-refractivity contribution in [2.45, 2.75) is 64.7 Å². The number of hydrogen-bond acceptors (Lipinski definition) is 0. The minimum absolute atomic E-state index is 0.0237. The van der Waals surface area contributed by atoms with Gasteiger partial charge in [0.15, 0.2) is 0 Å². The van der Waals surface area contributed by atoms with Crippen molar-refractivity contribution in [1.82, 2.24) is 0 Å². The van der Waals surface area contributed by atoms with E-state index in [-0.39, 0.29) is 16.2 Å². The highest BCUT2D eigenvalue weighted by molar-refractivity contribution is 6.34. The maximum Gasteiger partial charge on any atom is 0.0487 e. The van der Waals surface area contributed by atoms with Gasteiger partial charge in [0.25, 0.3) is 0 Å². The Bertz CT molecular complexity index is 1080. The summed E-state index contributed by atoms with van der Waals surface area (Å²) in [6.07, 6.45) is 0. The van der Waals surface area contributed by atoms with Crippen LogP contribution in [0.2, 0.25) is 5.02 Å². The van der Waals surface area contributed by atoms with Gasteiger partial charge < -0.3 is 0 Å². The van der Waals surface area contributed by atoms with Crippen molar-refractivity contribution in [3.8, 4) is 11.1 Å². The third-order valence-electron chi connectivity index (χ3n) is 6.49. The molecule has 0 saturated heterocycles. The first-order valence-electron chi connectivity index (χ1n) is 10.5. The summed E-state index contributed by atoms with van der Waals surface area (Å²) >= 11 is 6.85. The molecule has 150 valence electrons. The lowest BCUT2D eigenvalue weighted by Gasteiger charge is -2.35. The Kier molecular flexibility index (Phi) is 4.52. The van der Waals surface area contributed by atoms with Crippen molar-refractivity contribution in [1.29, 1.82) is 0 Å². The van der Waals surface area contributed by atoms with Crippen LogP contribution >= 0.6 is 11.6 Å². The predicted molar refractivity (Wildman–Crippen MR) is 126 cm³/mol. The van der Waals surface area contributed by atoms with Crippen molar-refractivity contribution < 1.29 is 0 Å². The Morgan fingerprint density at radius 2 is 1.41 bits per heavy atom. The van der Waals surface area contributed by atoms with Crippen LogP contribution < -0.4 is 0 Å². The van der Waals surface area contributed by atoms with E-state index in [2.05, 4.69) is 103 Å². The minimum Gasteiger partial charge on any atom is -0.0837 e. The van der Waals surface area contributed by atoms with E-state index in [1.54, 1.807) is 0 Å². The highest BCUT2D eigenvalue weighted by Crippen LogP contribution is 2.57. The van der Waals surface area contributed by atoms with E-state index in [0.717, 1.165) is 5.02 Å². The third kappa shape index (κ3) is 3.04. The van der Waals surface area contributed by atoms with Crippen LogP contribution in [0.3, 0.4) is 0 Å². The molecule has 1 heteroatoms. The van der Waals surface area contributed by atoms with Crippen molar-refractivity contribution in [3.63, 3.8) is 0 Å². The number of benzene rings is 3. The molecule has 1 unspecified atom stereocenters. The van der Waals surface area contributed by atoms with E-state index < -0.39 is 0 Å². The monoisotopic (exact) mass is 402 g/mol. The second kappa shape index (κ2) is 6.47. The molecule has 3 aromatic rings. The Balaban J connectivity index is 2.20. The van der Waals surface area contributed by atoms with E-state index in [9.17, 15) is 0 Å². The van der Waals surface area contributed by atoms with Crippen LogP contribution in [-0.4, -0.2) is 0 Å². The number of fused-ring (bicyclic) bond motifs is 3. The molecule has 0 aliphatic heterocycles. The summed E-state index contributed by atoms with van der Waals surface area (Å²) in [5, 5.41) is 0.842. The molecular weight excluding hydrogens is 372 g/mol. The van der Waals surface area contributed by atoms with Gasteiger partial charge >= 0.3 is 0 Å². The average molecular weight is 403 g/mol. The van der Waals surface area contributed by atoms with Crippen molar-refractivity contribution in [2.75, 3.05) is 0 Å². The topological polar surface area (TPSA) is 0 Å².